The van der Waals surface area contributed by atoms with Gasteiger partial charge in [-0.25, -0.2) is 0 Å². The van der Waals surface area contributed by atoms with Crippen molar-refractivity contribution in [3.63, 3.8) is 0 Å². The molecule has 2 heterocycles. The molecule has 26 heavy (non-hydrogen) atoms. The number of hydrogen-bond donors (Lipinski definition) is 2. The van der Waals surface area contributed by atoms with Crippen molar-refractivity contribution in [2.75, 3.05) is 18.5 Å². The van der Waals surface area contributed by atoms with Gasteiger partial charge in [-0.3, -0.25) is 4.79 Å². The predicted molar refractivity (Wildman–Crippen MR) is 100 cm³/mol. The van der Waals surface area contributed by atoms with Crippen molar-refractivity contribution in [2.24, 2.45) is 0 Å². The Kier molecular flexibility index (Phi) is 4.32. The van der Waals surface area contributed by atoms with E-state index in [1.807, 2.05) is 55.1 Å². The first-order chi connectivity index (χ1) is 12.5. The second kappa shape index (κ2) is 6.65. The Morgan fingerprint density at radius 1 is 1.23 bits per heavy atom. The molecule has 5 heteroatoms. The minimum Gasteiger partial charge on any atom is -0.507 e. The smallest absolute Gasteiger partial charge is 0.257 e. The summed E-state index contributed by atoms with van der Waals surface area (Å²) in [5, 5.41) is 13.6. The number of aromatic hydroxyl groups is 1. The van der Waals surface area contributed by atoms with Crippen LogP contribution in [0.4, 0.5) is 5.69 Å². The fraction of sp³-hybridized carbons (Fsp3) is 0.381. The largest absolute Gasteiger partial charge is 0.507 e. The lowest BCUT2D eigenvalue weighted by Gasteiger charge is -2.39. The van der Waals surface area contributed by atoms with Crippen LogP contribution in [-0.4, -0.2) is 35.2 Å². The Balaban J connectivity index is 1.75. The van der Waals surface area contributed by atoms with Gasteiger partial charge in [0.1, 0.15) is 11.9 Å². The van der Waals surface area contributed by atoms with Gasteiger partial charge in [0, 0.05) is 18.8 Å². The third-order valence-corrected chi connectivity index (χ3v) is 5.28. The van der Waals surface area contributed by atoms with Crippen LogP contribution in [0.2, 0.25) is 0 Å². The van der Waals surface area contributed by atoms with Crippen LogP contribution < -0.4 is 5.32 Å². The van der Waals surface area contributed by atoms with E-state index in [1.165, 1.54) is 0 Å². The topological polar surface area (TPSA) is 61.8 Å². The molecule has 0 unspecified atom stereocenters. The Labute approximate surface area is 153 Å². The van der Waals surface area contributed by atoms with Gasteiger partial charge in [0.05, 0.1) is 11.7 Å². The second-order valence-electron chi connectivity index (χ2n) is 7.19. The molecule has 0 saturated carbocycles. The van der Waals surface area contributed by atoms with Crippen molar-refractivity contribution in [2.45, 2.75) is 39.0 Å². The lowest BCUT2D eigenvalue weighted by atomic mass is 9.99. The number of para-hydroxylation sites is 1. The molecular weight excluding hydrogens is 328 g/mol. The van der Waals surface area contributed by atoms with E-state index in [0.29, 0.717) is 17.9 Å². The first-order valence-corrected chi connectivity index (χ1v) is 9.13. The molecule has 136 valence electrons. The number of aryl methyl sites for hydroxylation is 2. The zero-order valence-corrected chi connectivity index (χ0v) is 15.2. The highest BCUT2D eigenvalue weighted by Gasteiger charge is 2.35. The summed E-state index contributed by atoms with van der Waals surface area (Å²) < 4.78 is 5.78. The van der Waals surface area contributed by atoms with Crippen molar-refractivity contribution < 1.29 is 14.6 Å². The Morgan fingerprint density at radius 3 is 2.65 bits per heavy atom. The average molecular weight is 352 g/mol. The fourth-order valence-electron chi connectivity index (χ4n) is 3.90. The fourth-order valence-corrected chi connectivity index (χ4v) is 3.90. The molecule has 0 aromatic heterocycles. The molecule has 0 bridgehead atoms. The molecule has 2 aliphatic heterocycles. The molecule has 1 saturated heterocycles. The summed E-state index contributed by atoms with van der Waals surface area (Å²) in [5.41, 5.74) is 4.12. The van der Waals surface area contributed by atoms with Crippen LogP contribution >= 0.6 is 0 Å². The van der Waals surface area contributed by atoms with Gasteiger partial charge in [-0.2, -0.15) is 0 Å². The molecule has 5 nitrogen and oxygen atoms in total. The van der Waals surface area contributed by atoms with E-state index in [0.717, 1.165) is 41.8 Å². The molecule has 1 fully saturated rings. The van der Waals surface area contributed by atoms with Gasteiger partial charge in [0.2, 0.25) is 0 Å². The summed E-state index contributed by atoms with van der Waals surface area (Å²) in [4.78, 5) is 15.1. The number of phenols is 1. The minimum absolute atomic E-state index is 0.0169. The van der Waals surface area contributed by atoms with Crippen molar-refractivity contribution in [1.29, 1.82) is 0 Å². The Bertz CT molecular complexity index is 820. The van der Waals surface area contributed by atoms with Gasteiger partial charge in [0.25, 0.3) is 5.91 Å². The molecule has 2 atom stereocenters. The number of carbonyl (C=O) groups is 1. The first kappa shape index (κ1) is 16.9. The monoisotopic (exact) mass is 352 g/mol. The van der Waals surface area contributed by atoms with E-state index in [4.69, 9.17) is 4.74 Å². The molecule has 2 N–H and O–H groups in total. The molecule has 1 amide bonds. The van der Waals surface area contributed by atoms with Crippen LogP contribution in [0.5, 0.6) is 5.75 Å². The highest BCUT2D eigenvalue weighted by molar-refractivity contribution is 6.01. The number of hydrogen-bond acceptors (Lipinski definition) is 4. The third-order valence-electron chi connectivity index (χ3n) is 5.28. The number of benzene rings is 2. The summed E-state index contributed by atoms with van der Waals surface area (Å²) in [6, 6.07) is 11.5. The van der Waals surface area contributed by atoms with E-state index in [9.17, 15) is 9.90 Å². The van der Waals surface area contributed by atoms with Gasteiger partial charge in [-0.05, 0) is 67.6 Å². The number of phenolic OH excluding ortho intramolecular Hbond substituents is 1. The number of nitrogens with one attached hydrogen (secondary N) is 1. The maximum absolute atomic E-state index is 13.2. The highest BCUT2D eigenvalue weighted by atomic mass is 16.5. The molecule has 4 rings (SSSR count). The summed E-state index contributed by atoms with van der Waals surface area (Å²) in [6.07, 6.45) is 1.82. The van der Waals surface area contributed by atoms with Crippen LogP contribution in [0.15, 0.2) is 36.4 Å². The number of fused-ring (bicyclic) bond motifs is 1. The maximum Gasteiger partial charge on any atom is 0.257 e. The molecule has 0 aliphatic carbocycles. The van der Waals surface area contributed by atoms with Crippen LogP contribution in [0.3, 0.4) is 0 Å². The lowest BCUT2D eigenvalue weighted by molar-refractivity contribution is 0.0427. The molecule has 2 aromatic rings. The molecule has 2 aromatic carbocycles. The number of ether oxygens (including phenoxy) is 1. The SMILES string of the molecule is Cc1cc([C@H]2Nc3ccccc3C(=O)N2C[C@H]2CCCO2)cc(C)c1O. The van der Waals surface area contributed by atoms with Gasteiger partial charge in [-0.1, -0.05) is 12.1 Å². The van der Waals surface area contributed by atoms with Gasteiger partial charge < -0.3 is 20.1 Å². The lowest BCUT2D eigenvalue weighted by Crippen LogP contribution is -2.46. The number of nitrogens with zero attached hydrogens (tertiary/aromatic N) is 1. The standard InChI is InChI=1S/C21H24N2O3/c1-13-10-15(11-14(2)19(13)24)20-22-18-8-4-3-7-17(18)21(25)23(20)12-16-6-5-9-26-16/h3-4,7-8,10-11,16,20,22,24H,5-6,9,12H2,1-2H3/t16-,20+/m1/s1. The van der Waals surface area contributed by atoms with Gasteiger partial charge >= 0.3 is 0 Å². The number of amides is 1. The van der Waals surface area contributed by atoms with E-state index >= 15 is 0 Å². The van der Waals surface area contributed by atoms with E-state index < -0.39 is 0 Å². The summed E-state index contributed by atoms with van der Waals surface area (Å²) in [7, 11) is 0. The van der Waals surface area contributed by atoms with Gasteiger partial charge in [-0.15, -0.1) is 0 Å². The zero-order chi connectivity index (χ0) is 18.3. The third kappa shape index (κ3) is 2.92. The van der Waals surface area contributed by atoms with Crippen LogP contribution in [0.25, 0.3) is 0 Å². The van der Waals surface area contributed by atoms with Crippen molar-refractivity contribution in [3.8, 4) is 5.75 Å². The summed E-state index contributed by atoms with van der Waals surface area (Å²) in [5.74, 6) is 0.324. The average Bonchev–Trinajstić information content (AvgIpc) is 3.15. The number of carbonyl (C=O) groups excluding carboxylic acids is 1. The van der Waals surface area contributed by atoms with E-state index in [2.05, 4.69) is 5.32 Å². The van der Waals surface area contributed by atoms with Crippen molar-refractivity contribution in [3.05, 3.63) is 58.7 Å². The predicted octanol–water partition coefficient (Wildman–Crippen LogP) is 3.75. The van der Waals surface area contributed by atoms with Crippen molar-refractivity contribution in [1.82, 2.24) is 4.90 Å². The molecule has 0 spiro atoms. The zero-order valence-electron chi connectivity index (χ0n) is 15.2. The minimum atomic E-state index is -0.278. The molecule has 0 radical (unpaired) electrons. The quantitative estimate of drug-likeness (QED) is 0.883. The van der Waals surface area contributed by atoms with Crippen molar-refractivity contribution >= 4 is 11.6 Å². The summed E-state index contributed by atoms with van der Waals surface area (Å²) >= 11 is 0. The second-order valence-corrected chi connectivity index (χ2v) is 7.19. The van der Waals surface area contributed by atoms with Crippen LogP contribution in [0.1, 0.15) is 46.1 Å². The molecule has 2 aliphatic rings. The van der Waals surface area contributed by atoms with Gasteiger partial charge in [0.15, 0.2) is 0 Å². The maximum atomic E-state index is 13.2. The summed E-state index contributed by atoms with van der Waals surface area (Å²) in [6.45, 7) is 5.09. The first-order valence-electron chi connectivity index (χ1n) is 9.13. The normalized spacial score (nSPS) is 22.2. The van der Waals surface area contributed by atoms with Crippen LogP contribution in [0, 0.1) is 13.8 Å². The number of rotatable bonds is 3. The Hall–Kier alpha value is -2.53. The highest BCUT2D eigenvalue weighted by Crippen LogP contribution is 2.36. The van der Waals surface area contributed by atoms with E-state index in [-0.39, 0.29) is 18.2 Å². The van der Waals surface area contributed by atoms with E-state index in [1.54, 1.807) is 0 Å². The van der Waals surface area contributed by atoms with Crippen LogP contribution in [-0.2, 0) is 4.74 Å². The molecular formula is C21H24N2O3. The number of anilines is 1. The Morgan fingerprint density at radius 2 is 1.96 bits per heavy atom.